The lowest BCUT2D eigenvalue weighted by atomic mass is 10.0. The van der Waals surface area contributed by atoms with E-state index in [1.54, 1.807) is 6.08 Å². The lowest BCUT2D eigenvalue weighted by Crippen LogP contribution is -2.57. The van der Waals surface area contributed by atoms with Crippen LogP contribution in [0.5, 0.6) is 0 Å². The Morgan fingerprint density at radius 1 is 1.26 bits per heavy atom. The van der Waals surface area contributed by atoms with Crippen molar-refractivity contribution < 1.29 is 19.1 Å². The summed E-state index contributed by atoms with van der Waals surface area (Å²) in [7, 11) is 0. The molecule has 1 aromatic rings. The molecule has 1 fully saturated rings. The number of amides is 2. The van der Waals surface area contributed by atoms with E-state index in [-0.39, 0.29) is 30.5 Å². The molecule has 144 valence electrons. The average Bonchev–Trinajstić information content (AvgIpc) is 2.67. The van der Waals surface area contributed by atoms with Crippen LogP contribution in [-0.4, -0.2) is 41.9 Å². The molecule has 0 radical (unpaired) electrons. The summed E-state index contributed by atoms with van der Waals surface area (Å²) in [5, 5.41) is 2.65. The van der Waals surface area contributed by atoms with Gasteiger partial charge in [0.15, 0.2) is 0 Å². The molecule has 2 rings (SSSR count). The third-order valence-electron chi connectivity index (χ3n) is 4.26. The van der Waals surface area contributed by atoms with E-state index in [2.05, 4.69) is 18.8 Å². The Kier molecular flexibility index (Phi) is 7.79. The highest BCUT2D eigenvalue weighted by Crippen LogP contribution is 2.19. The maximum atomic E-state index is 13.0. The van der Waals surface area contributed by atoms with Crippen molar-refractivity contribution in [3.8, 4) is 0 Å². The number of rotatable bonds is 9. The van der Waals surface area contributed by atoms with E-state index in [0.717, 1.165) is 24.8 Å². The summed E-state index contributed by atoms with van der Waals surface area (Å²) in [6, 6.07) is 8.45. The lowest BCUT2D eigenvalue weighted by Gasteiger charge is -2.35. The fourth-order valence-electron chi connectivity index (χ4n) is 2.88. The summed E-state index contributed by atoms with van der Waals surface area (Å²) < 4.78 is 4.98. The zero-order valence-corrected chi connectivity index (χ0v) is 15.6. The van der Waals surface area contributed by atoms with E-state index in [0.29, 0.717) is 6.54 Å². The van der Waals surface area contributed by atoms with Crippen LogP contribution in [0, 0.1) is 0 Å². The molecule has 1 saturated heterocycles. The molecule has 2 amide bonds. The number of carbonyl (C=O) groups excluding carboxylic acids is 3. The Morgan fingerprint density at radius 2 is 2.00 bits per heavy atom. The summed E-state index contributed by atoms with van der Waals surface area (Å²) in [6.45, 7) is 6.06. The molecule has 1 aliphatic heterocycles. The molecule has 6 nitrogen and oxygen atoms in total. The molecule has 0 aromatic heterocycles. The minimum Gasteiger partial charge on any atom is -0.461 e. The van der Waals surface area contributed by atoms with Gasteiger partial charge in [-0.15, -0.1) is 0 Å². The monoisotopic (exact) mass is 370 g/mol. The molecule has 6 heteroatoms. The normalized spacial score (nSPS) is 18.3. The standard InChI is InChI=1S/C21H26N2O4/c1-3-5-9-12-23-18(15-19(24)27-13-4-2)20(25)22-17(21(23)26)14-16-10-7-6-8-11-16/h4,6-8,10-11,14,18H,2-3,5,9,12-13,15H2,1H3,(H,22,25)/b17-14-. The summed E-state index contributed by atoms with van der Waals surface area (Å²) in [5.41, 5.74) is 1.04. The van der Waals surface area contributed by atoms with Crippen LogP contribution in [0.25, 0.3) is 6.08 Å². The van der Waals surface area contributed by atoms with E-state index >= 15 is 0 Å². The summed E-state index contributed by atoms with van der Waals surface area (Å²) >= 11 is 0. The van der Waals surface area contributed by atoms with Gasteiger partial charge in [0.25, 0.3) is 5.91 Å². The number of hydrogen-bond donors (Lipinski definition) is 1. The molecule has 1 atom stereocenters. The van der Waals surface area contributed by atoms with Gasteiger partial charge in [-0.3, -0.25) is 14.4 Å². The van der Waals surface area contributed by atoms with Gasteiger partial charge in [0.2, 0.25) is 5.91 Å². The van der Waals surface area contributed by atoms with Crippen molar-refractivity contribution in [1.29, 1.82) is 0 Å². The van der Waals surface area contributed by atoms with Crippen molar-refractivity contribution in [1.82, 2.24) is 10.2 Å². The van der Waals surface area contributed by atoms with Crippen molar-refractivity contribution in [2.75, 3.05) is 13.2 Å². The minimum atomic E-state index is -0.861. The number of piperazine rings is 1. The predicted octanol–water partition coefficient (Wildman–Crippen LogP) is 2.66. The predicted molar refractivity (Wildman–Crippen MR) is 103 cm³/mol. The minimum absolute atomic E-state index is 0.0795. The number of hydrogen-bond acceptors (Lipinski definition) is 4. The van der Waals surface area contributed by atoms with Crippen molar-refractivity contribution in [3.63, 3.8) is 0 Å². The molecular weight excluding hydrogens is 344 g/mol. The molecule has 1 aliphatic rings. The van der Waals surface area contributed by atoms with Gasteiger partial charge >= 0.3 is 5.97 Å². The molecule has 0 aliphatic carbocycles. The van der Waals surface area contributed by atoms with Crippen LogP contribution in [-0.2, 0) is 19.1 Å². The van der Waals surface area contributed by atoms with Crippen molar-refractivity contribution in [2.45, 2.75) is 38.6 Å². The highest BCUT2D eigenvalue weighted by molar-refractivity contribution is 6.08. The van der Waals surface area contributed by atoms with E-state index in [1.807, 2.05) is 30.3 Å². The highest BCUT2D eigenvalue weighted by atomic mass is 16.5. The van der Waals surface area contributed by atoms with E-state index in [4.69, 9.17) is 4.74 Å². The number of carbonyl (C=O) groups is 3. The number of esters is 1. The summed E-state index contributed by atoms with van der Waals surface area (Å²) in [6.07, 6.45) is 5.65. The van der Waals surface area contributed by atoms with E-state index in [9.17, 15) is 14.4 Å². The molecule has 0 saturated carbocycles. The molecule has 1 aromatic carbocycles. The van der Waals surface area contributed by atoms with Crippen LogP contribution < -0.4 is 5.32 Å². The average molecular weight is 370 g/mol. The van der Waals surface area contributed by atoms with Gasteiger partial charge in [0.05, 0.1) is 6.42 Å². The number of unbranched alkanes of at least 4 members (excludes halogenated alkanes) is 2. The van der Waals surface area contributed by atoms with E-state index < -0.39 is 12.0 Å². The molecule has 1 heterocycles. The lowest BCUT2D eigenvalue weighted by molar-refractivity contribution is -0.150. The van der Waals surface area contributed by atoms with Crippen molar-refractivity contribution in [2.24, 2.45) is 0 Å². The second-order valence-electron chi connectivity index (χ2n) is 6.36. The zero-order valence-electron chi connectivity index (χ0n) is 15.6. The van der Waals surface area contributed by atoms with Gasteiger partial charge in [-0.1, -0.05) is 62.8 Å². The van der Waals surface area contributed by atoms with Crippen molar-refractivity contribution in [3.05, 3.63) is 54.2 Å². The van der Waals surface area contributed by atoms with Gasteiger partial charge in [-0.05, 0) is 18.1 Å². The maximum absolute atomic E-state index is 13.0. The SMILES string of the molecule is C=CCOC(=O)CC1C(=O)N/C(=C\c2ccccc2)C(=O)N1CCCCC. The Bertz CT molecular complexity index is 712. The van der Waals surface area contributed by atoms with Crippen LogP contribution in [0.2, 0.25) is 0 Å². The second-order valence-corrected chi connectivity index (χ2v) is 6.36. The largest absolute Gasteiger partial charge is 0.461 e. The maximum Gasteiger partial charge on any atom is 0.308 e. The fourth-order valence-corrected chi connectivity index (χ4v) is 2.88. The molecule has 0 spiro atoms. The third kappa shape index (κ3) is 5.81. The first-order valence-corrected chi connectivity index (χ1v) is 9.22. The third-order valence-corrected chi connectivity index (χ3v) is 4.26. The van der Waals surface area contributed by atoms with Gasteiger partial charge in [-0.25, -0.2) is 0 Å². The first-order chi connectivity index (χ1) is 13.1. The fraction of sp³-hybridized carbons (Fsp3) is 0.381. The van der Waals surface area contributed by atoms with Gasteiger partial charge in [-0.2, -0.15) is 0 Å². The van der Waals surface area contributed by atoms with E-state index in [1.165, 1.54) is 11.0 Å². The first-order valence-electron chi connectivity index (χ1n) is 9.22. The first kappa shape index (κ1) is 20.4. The van der Waals surface area contributed by atoms with Crippen LogP contribution in [0.4, 0.5) is 0 Å². The van der Waals surface area contributed by atoms with Gasteiger partial charge < -0.3 is 15.0 Å². The molecule has 0 bridgehead atoms. The molecule has 27 heavy (non-hydrogen) atoms. The molecule has 1 N–H and O–H groups in total. The van der Waals surface area contributed by atoms with Crippen LogP contribution in [0.1, 0.15) is 38.2 Å². The zero-order chi connectivity index (χ0) is 19.6. The Labute approximate surface area is 159 Å². The number of nitrogens with zero attached hydrogens (tertiary/aromatic N) is 1. The van der Waals surface area contributed by atoms with Crippen molar-refractivity contribution >= 4 is 23.9 Å². The summed E-state index contributed by atoms with van der Waals surface area (Å²) in [4.78, 5) is 39.0. The quantitative estimate of drug-likeness (QED) is 0.314. The number of ether oxygens (including phenoxy) is 1. The number of benzene rings is 1. The van der Waals surface area contributed by atoms with Gasteiger partial charge in [0, 0.05) is 6.54 Å². The Morgan fingerprint density at radius 3 is 2.67 bits per heavy atom. The molecule has 1 unspecified atom stereocenters. The molecular formula is C21H26N2O4. The summed E-state index contributed by atoms with van der Waals surface area (Å²) in [5.74, 6) is -1.18. The highest BCUT2D eigenvalue weighted by Gasteiger charge is 2.38. The van der Waals surface area contributed by atoms with Crippen LogP contribution >= 0.6 is 0 Å². The number of nitrogens with one attached hydrogen (secondary N) is 1. The van der Waals surface area contributed by atoms with Crippen LogP contribution in [0.3, 0.4) is 0 Å². The van der Waals surface area contributed by atoms with Gasteiger partial charge in [0.1, 0.15) is 18.3 Å². The Balaban J connectivity index is 2.21. The topological polar surface area (TPSA) is 75.7 Å². The Hall–Kier alpha value is -2.89. The second kappa shape index (κ2) is 10.3. The van der Waals surface area contributed by atoms with Crippen LogP contribution in [0.15, 0.2) is 48.7 Å². The smallest absolute Gasteiger partial charge is 0.308 e.